The predicted octanol–water partition coefficient (Wildman–Crippen LogP) is 2.04. The second-order valence-electron chi connectivity index (χ2n) is 1.62. The molecule has 0 spiro atoms. The molecule has 1 aromatic carbocycles. The smallest absolute Gasteiger partial charge is 0.0474 e. The van der Waals surface area contributed by atoms with Gasteiger partial charge in [-0.15, -0.1) is 11.6 Å². The van der Waals surface area contributed by atoms with E-state index in [1.807, 2.05) is 30.3 Å². The zero-order chi connectivity index (χ0) is 5.82. The minimum atomic E-state index is 0. The fourth-order valence-electron chi connectivity index (χ4n) is 0.567. The third-order valence-corrected chi connectivity index (χ3v) is 1.31. The molecule has 1 radical (unpaired) electrons. The fraction of sp³-hybridized carbons (Fsp3) is 0.143. The van der Waals surface area contributed by atoms with Crippen molar-refractivity contribution in [2.45, 2.75) is 5.88 Å². The van der Waals surface area contributed by atoms with Gasteiger partial charge in [-0.3, -0.25) is 0 Å². The van der Waals surface area contributed by atoms with E-state index in [4.69, 9.17) is 11.6 Å². The summed E-state index contributed by atoms with van der Waals surface area (Å²) in [6.07, 6.45) is 0. The van der Waals surface area contributed by atoms with E-state index in [1.54, 1.807) is 0 Å². The van der Waals surface area contributed by atoms with Crippen LogP contribution in [0.3, 0.4) is 0 Å². The van der Waals surface area contributed by atoms with Crippen LogP contribution in [0.25, 0.3) is 0 Å². The predicted molar refractivity (Wildman–Crippen MR) is 41.8 cm³/mol. The summed E-state index contributed by atoms with van der Waals surface area (Å²) >= 11 is 5.53. The van der Waals surface area contributed by atoms with Gasteiger partial charge in [0.25, 0.3) is 0 Å². The van der Waals surface area contributed by atoms with Gasteiger partial charge in [0.05, 0.1) is 0 Å². The summed E-state index contributed by atoms with van der Waals surface area (Å²) in [5, 5.41) is 0. The van der Waals surface area contributed by atoms with Crippen LogP contribution in [0.5, 0.6) is 0 Å². The van der Waals surface area contributed by atoms with Gasteiger partial charge in [-0.25, -0.2) is 0 Å². The van der Waals surface area contributed by atoms with Gasteiger partial charge in [0.2, 0.25) is 0 Å². The molecule has 0 unspecified atom stereocenters. The van der Waals surface area contributed by atoms with Crippen LogP contribution in [0.15, 0.2) is 30.3 Å². The molecule has 0 heterocycles. The summed E-state index contributed by atoms with van der Waals surface area (Å²) in [5.74, 6) is 0.612. The Morgan fingerprint density at radius 2 is 1.67 bits per heavy atom. The summed E-state index contributed by atoms with van der Waals surface area (Å²) in [7, 11) is 0. The zero-order valence-corrected chi connectivity index (χ0v) is 9.35. The molecule has 0 aliphatic carbocycles. The molecule has 0 atom stereocenters. The van der Waals surface area contributed by atoms with E-state index >= 15 is 0 Å². The van der Waals surface area contributed by atoms with Crippen molar-refractivity contribution < 1.29 is 0 Å². The Morgan fingerprint density at radius 1 is 1.11 bits per heavy atom. The average Bonchev–Trinajstić information content (AvgIpc) is 1.90. The van der Waals surface area contributed by atoms with Crippen molar-refractivity contribution in [2.75, 3.05) is 0 Å². The standard InChI is InChI=1S/C7H7Cl.K/c8-6-7-4-2-1-3-5-7;/h1-5H,6H2;. The Hall–Kier alpha value is 1.15. The molecule has 0 fully saturated rings. The Kier molecular flexibility index (Phi) is 6.65. The number of hydrogen-bond acceptors (Lipinski definition) is 0. The molecule has 1 rings (SSSR count). The van der Waals surface area contributed by atoms with Gasteiger partial charge in [0.15, 0.2) is 0 Å². The van der Waals surface area contributed by atoms with Crippen molar-refractivity contribution in [3.63, 3.8) is 0 Å². The van der Waals surface area contributed by atoms with E-state index in [0.29, 0.717) is 5.88 Å². The number of halogens is 1. The molecule has 0 saturated heterocycles. The number of rotatable bonds is 1. The third kappa shape index (κ3) is 3.76. The molecule has 0 aromatic heterocycles. The van der Waals surface area contributed by atoms with E-state index in [2.05, 4.69) is 0 Å². The molecule has 0 nitrogen and oxygen atoms in total. The first kappa shape index (κ1) is 10.1. The molecule has 0 N–H and O–H groups in total. The van der Waals surface area contributed by atoms with Crippen LogP contribution in [0.2, 0.25) is 0 Å². The first-order valence-corrected chi connectivity index (χ1v) is 3.07. The van der Waals surface area contributed by atoms with Gasteiger partial charge in [-0.2, -0.15) is 0 Å². The summed E-state index contributed by atoms with van der Waals surface area (Å²) in [6, 6.07) is 9.96. The summed E-state index contributed by atoms with van der Waals surface area (Å²) in [5.41, 5.74) is 1.18. The molecule has 0 aliphatic heterocycles. The van der Waals surface area contributed by atoms with Crippen molar-refractivity contribution in [1.82, 2.24) is 0 Å². The molecule has 0 bridgehead atoms. The summed E-state index contributed by atoms with van der Waals surface area (Å²) in [4.78, 5) is 0. The van der Waals surface area contributed by atoms with Crippen LogP contribution in [0.1, 0.15) is 5.56 Å². The molecular weight excluding hydrogens is 159 g/mol. The normalized spacial score (nSPS) is 8.11. The Labute approximate surface area is 103 Å². The topological polar surface area (TPSA) is 0 Å². The van der Waals surface area contributed by atoms with Crippen LogP contribution in [-0.2, 0) is 5.88 Å². The van der Waals surface area contributed by atoms with Crippen LogP contribution in [0.4, 0.5) is 0 Å². The fourth-order valence-corrected chi connectivity index (χ4v) is 0.745. The maximum absolute atomic E-state index is 5.53. The van der Waals surface area contributed by atoms with E-state index in [9.17, 15) is 0 Å². The van der Waals surface area contributed by atoms with Gasteiger partial charge >= 0.3 is 0 Å². The first-order chi connectivity index (χ1) is 3.93. The molecular formula is C7H7ClK. The molecule has 9 heavy (non-hydrogen) atoms. The molecule has 0 amide bonds. The number of benzene rings is 1. The second kappa shape index (κ2) is 5.90. The van der Waals surface area contributed by atoms with Crippen LogP contribution >= 0.6 is 11.6 Å². The largest absolute Gasteiger partial charge is 0.122 e. The van der Waals surface area contributed by atoms with Gasteiger partial charge in [-0.05, 0) is 5.56 Å². The quantitative estimate of drug-likeness (QED) is 0.442. The maximum atomic E-state index is 5.53. The maximum Gasteiger partial charge on any atom is 0.0474 e. The van der Waals surface area contributed by atoms with E-state index < -0.39 is 0 Å². The van der Waals surface area contributed by atoms with E-state index in [0.717, 1.165) is 0 Å². The molecule has 43 valence electrons. The van der Waals surface area contributed by atoms with Crippen molar-refractivity contribution in [1.29, 1.82) is 0 Å². The minimum Gasteiger partial charge on any atom is -0.122 e. The van der Waals surface area contributed by atoms with Gasteiger partial charge in [-0.1, -0.05) is 30.3 Å². The Morgan fingerprint density at radius 3 is 2.00 bits per heavy atom. The molecule has 2 heteroatoms. The SMILES string of the molecule is ClCc1ccccc1.[K]. The third-order valence-electron chi connectivity index (χ3n) is 0.997. The van der Waals surface area contributed by atoms with E-state index in [1.165, 1.54) is 5.56 Å². The van der Waals surface area contributed by atoms with Crippen LogP contribution in [0, 0.1) is 0 Å². The molecule has 1 aromatic rings. The first-order valence-electron chi connectivity index (χ1n) is 2.53. The van der Waals surface area contributed by atoms with Crippen molar-refractivity contribution in [3.05, 3.63) is 35.9 Å². The Balaban J connectivity index is 0.000000640. The van der Waals surface area contributed by atoms with Gasteiger partial charge < -0.3 is 0 Å². The average molecular weight is 166 g/mol. The van der Waals surface area contributed by atoms with Crippen LogP contribution < -0.4 is 0 Å². The molecule has 0 saturated carbocycles. The minimum absolute atomic E-state index is 0. The molecule has 0 aliphatic rings. The van der Waals surface area contributed by atoms with Crippen molar-refractivity contribution in [3.8, 4) is 0 Å². The second-order valence-corrected chi connectivity index (χ2v) is 1.89. The van der Waals surface area contributed by atoms with Crippen molar-refractivity contribution in [2.24, 2.45) is 0 Å². The summed E-state index contributed by atoms with van der Waals surface area (Å²) < 4.78 is 0. The number of hydrogen-bond donors (Lipinski definition) is 0. The van der Waals surface area contributed by atoms with Crippen LogP contribution in [-0.4, -0.2) is 51.4 Å². The van der Waals surface area contributed by atoms with Crippen molar-refractivity contribution >= 4 is 63.0 Å². The Bertz CT molecular complexity index is 150. The van der Waals surface area contributed by atoms with E-state index in [-0.39, 0.29) is 51.4 Å². The zero-order valence-electron chi connectivity index (χ0n) is 5.47. The van der Waals surface area contributed by atoms with Gasteiger partial charge in [0.1, 0.15) is 0 Å². The number of alkyl halides is 1. The monoisotopic (exact) mass is 165 g/mol. The summed E-state index contributed by atoms with van der Waals surface area (Å²) in [6.45, 7) is 0. The van der Waals surface area contributed by atoms with Gasteiger partial charge in [0, 0.05) is 57.3 Å².